The molecule has 9 heteroatoms. The van der Waals surface area contributed by atoms with Crippen LogP contribution < -0.4 is 5.32 Å². The minimum absolute atomic E-state index is 0. The first-order valence-corrected chi connectivity index (χ1v) is 14.0. The van der Waals surface area contributed by atoms with E-state index in [-0.39, 0.29) is 26.7 Å². The van der Waals surface area contributed by atoms with E-state index in [1.807, 2.05) is 97.1 Å². The van der Waals surface area contributed by atoms with E-state index in [2.05, 4.69) is 41.3 Å². The van der Waals surface area contributed by atoms with Crippen LogP contribution in [0.1, 0.15) is 6.42 Å². The Morgan fingerprint density at radius 1 is 0.500 bits per heavy atom. The van der Waals surface area contributed by atoms with Crippen molar-refractivity contribution in [2.75, 3.05) is 18.5 Å². The molecule has 0 unspecified atom stereocenters. The second-order valence-electron chi connectivity index (χ2n) is 9.26. The molecule has 0 fully saturated rings. The minimum Gasteiger partial charge on any atom is -0.396 e. The van der Waals surface area contributed by atoms with E-state index in [9.17, 15) is 0 Å². The van der Waals surface area contributed by atoms with Crippen LogP contribution in [0.5, 0.6) is 0 Å². The van der Waals surface area contributed by atoms with E-state index >= 15 is 0 Å². The number of hydrogen-bond donors (Lipinski definition) is 2. The summed E-state index contributed by atoms with van der Waals surface area (Å²) in [5.74, 6) is 0. The van der Waals surface area contributed by atoms with Gasteiger partial charge in [-0.25, -0.2) is 0 Å². The Balaban J connectivity index is 0.000000155. The number of pyridine rings is 6. The van der Waals surface area contributed by atoms with Crippen LogP contribution in [-0.2, 0) is 20.1 Å². The van der Waals surface area contributed by atoms with Crippen LogP contribution in [0.4, 0.5) is 5.69 Å². The molecule has 44 heavy (non-hydrogen) atoms. The van der Waals surface area contributed by atoms with Crippen molar-refractivity contribution < 1.29 is 25.2 Å². The van der Waals surface area contributed by atoms with Gasteiger partial charge in [-0.15, -0.1) is 0 Å². The quantitative estimate of drug-likeness (QED) is 0.140. The van der Waals surface area contributed by atoms with Crippen molar-refractivity contribution >= 4 is 27.5 Å². The molecule has 0 aliphatic rings. The van der Waals surface area contributed by atoms with Crippen molar-refractivity contribution in [3.63, 3.8) is 0 Å². The smallest absolute Gasteiger partial charge is 0.0985 e. The van der Waals surface area contributed by atoms with Crippen LogP contribution in [0.3, 0.4) is 0 Å². The zero-order valence-corrected chi connectivity index (χ0v) is 26.3. The molecule has 0 atom stereocenters. The summed E-state index contributed by atoms with van der Waals surface area (Å²) in [6, 6.07) is 33.2. The normalized spacial score (nSPS) is 10.0. The first-order valence-electron chi connectivity index (χ1n) is 14.0. The SMILES string of the molecule is OCCCNc1cc2cccnc2c2ncccc12.[Ir].c1ccc(-c2ccccn2)nc1.c1ccc(-c2ccccn2)nc1. The Morgan fingerprint density at radius 2 is 0.955 bits per heavy atom. The molecule has 0 amide bonds. The maximum atomic E-state index is 8.87. The molecule has 1 radical (unpaired) electrons. The summed E-state index contributed by atoms with van der Waals surface area (Å²) >= 11 is 0. The first-order chi connectivity index (χ1) is 21.3. The second-order valence-corrected chi connectivity index (χ2v) is 9.26. The fraction of sp³-hybridized carbons (Fsp3) is 0.0857. The predicted molar refractivity (Wildman–Crippen MR) is 172 cm³/mol. The third kappa shape index (κ3) is 8.78. The molecule has 7 rings (SSSR count). The molecular weight excluding hydrogens is 727 g/mol. The number of nitrogens with zero attached hydrogens (tertiary/aromatic N) is 6. The van der Waals surface area contributed by atoms with E-state index in [1.54, 1.807) is 37.2 Å². The van der Waals surface area contributed by atoms with Crippen molar-refractivity contribution in [1.29, 1.82) is 0 Å². The Kier molecular flexibility index (Phi) is 12.5. The van der Waals surface area contributed by atoms with Crippen LogP contribution >= 0.6 is 0 Å². The van der Waals surface area contributed by atoms with E-state index in [4.69, 9.17) is 5.11 Å². The van der Waals surface area contributed by atoms with Crippen molar-refractivity contribution in [3.05, 3.63) is 140 Å². The average molecular weight is 758 g/mol. The number of rotatable bonds is 6. The van der Waals surface area contributed by atoms with Crippen LogP contribution in [-0.4, -0.2) is 48.2 Å². The van der Waals surface area contributed by atoms with Gasteiger partial charge in [0.15, 0.2) is 0 Å². The predicted octanol–water partition coefficient (Wildman–Crippen LogP) is 6.86. The van der Waals surface area contributed by atoms with E-state index in [1.165, 1.54) is 0 Å². The topological polar surface area (TPSA) is 110 Å². The molecule has 8 nitrogen and oxygen atoms in total. The van der Waals surface area contributed by atoms with Crippen LogP contribution in [0.25, 0.3) is 44.6 Å². The zero-order valence-electron chi connectivity index (χ0n) is 23.9. The molecule has 2 N–H and O–H groups in total. The first kappa shape index (κ1) is 32.0. The largest absolute Gasteiger partial charge is 0.396 e. The fourth-order valence-corrected chi connectivity index (χ4v) is 4.28. The number of aromatic nitrogens is 6. The molecule has 1 aromatic carbocycles. The van der Waals surface area contributed by atoms with E-state index in [0.29, 0.717) is 0 Å². The Morgan fingerprint density at radius 3 is 1.41 bits per heavy atom. The third-order valence-electron chi connectivity index (χ3n) is 6.30. The Labute approximate surface area is 269 Å². The molecule has 221 valence electrons. The Bertz CT molecular complexity index is 1680. The van der Waals surface area contributed by atoms with Gasteiger partial charge in [-0.2, -0.15) is 0 Å². The molecule has 6 heterocycles. The van der Waals surface area contributed by atoms with Gasteiger partial charge in [0.25, 0.3) is 0 Å². The third-order valence-corrected chi connectivity index (χ3v) is 6.30. The summed E-state index contributed by atoms with van der Waals surface area (Å²) < 4.78 is 0. The van der Waals surface area contributed by atoms with Gasteiger partial charge in [0.2, 0.25) is 0 Å². The maximum Gasteiger partial charge on any atom is 0.0985 e. The molecule has 0 spiro atoms. The van der Waals surface area contributed by atoms with Crippen molar-refractivity contribution in [3.8, 4) is 22.8 Å². The van der Waals surface area contributed by atoms with E-state index < -0.39 is 0 Å². The van der Waals surface area contributed by atoms with Gasteiger partial charge in [-0.3, -0.25) is 29.9 Å². The number of hydrogen-bond acceptors (Lipinski definition) is 8. The molecule has 0 aliphatic heterocycles. The van der Waals surface area contributed by atoms with Gasteiger partial charge in [0.1, 0.15) is 0 Å². The summed E-state index contributed by atoms with van der Waals surface area (Å²) in [7, 11) is 0. The molecule has 0 saturated carbocycles. The van der Waals surface area contributed by atoms with Crippen LogP contribution in [0.15, 0.2) is 140 Å². The number of anilines is 1. The van der Waals surface area contributed by atoms with Gasteiger partial charge >= 0.3 is 0 Å². The second kappa shape index (κ2) is 17.2. The molecule has 0 aliphatic carbocycles. The van der Waals surface area contributed by atoms with Gasteiger partial charge in [-0.1, -0.05) is 30.3 Å². The van der Waals surface area contributed by atoms with Crippen molar-refractivity contribution in [2.24, 2.45) is 0 Å². The summed E-state index contributed by atoms with van der Waals surface area (Å²) in [6.07, 6.45) is 11.4. The molecule has 7 aromatic rings. The number of benzene rings is 1. The molecular formula is C35H31IrN7O. The van der Waals surface area contributed by atoms with Crippen LogP contribution in [0.2, 0.25) is 0 Å². The van der Waals surface area contributed by atoms with Gasteiger partial charge < -0.3 is 10.4 Å². The van der Waals surface area contributed by atoms with Crippen molar-refractivity contribution in [1.82, 2.24) is 29.9 Å². The zero-order chi connectivity index (χ0) is 29.5. The summed E-state index contributed by atoms with van der Waals surface area (Å²) in [4.78, 5) is 25.6. The number of fused-ring (bicyclic) bond motifs is 3. The monoisotopic (exact) mass is 758 g/mol. The van der Waals surface area contributed by atoms with Gasteiger partial charge in [0.05, 0.1) is 33.8 Å². The average Bonchev–Trinajstić information content (AvgIpc) is 3.10. The number of aliphatic hydroxyl groups is 1. The summed E-state index contributed by atoms with van der Waals surface area (Å²) in [5.41, 5.74) is 6.53. The summed E-state index contributed by atoms with van der Waals surface area (Å²) in [6.45, 7) is 0.935. The fourth-order valence-electron chi connectivity index (χ4n) is 4.28. The molecule has 6 aromatic heterocycles. The maximum absolute atomic E-state index is 8.87. The summed E-state index contributed by atoms with van der Waals surface area (Å²) in [5, 5.41) is 14.4. The Hall–Kier alpha value is -4.95. The minimum atomic E-state index is 0. The number of aliphatic hydroxyl groups excluding tert-OH is 1. The van der Waals surface area contributed by atoms with Crippen LogP contribution in [0, 0.1) is 0 Å². The standard InChI is InChI=1S/C15H15N3O.2C10H8N2.Ir/c19-9-3-8-16-13-10-11-4-1-6-17-14(11)15-12(13)5-2-7-18-15;2*1-3-7-11-9(5-1)10-6-2-4-8-12-10;/h1-2,4-7,10,16,19H,3,8-9H2;2*1-8H;. The molecule has 0 bridgehead atoms. The van der Waals surface area contributed by atoms with Gasteiger partial charge in [0, 0.05) is 86.9 Å². The van der Waals surface area contributed by atoms with E-state index in [0.717, 1.165) is 63.2 Å². The number of nitrogens with one attached hydrogen (secondary N) is 1. The van der Waals surface area contributed by atoms with Crippen molar-refractivity contribution in [2.45, 2.75) is 6.42 Å². The molecule has 0 saturated heterocycles. The van der Waals surface area contributed by atoms with Gasteiger partial charge in [-0.05, 0) is 79.2 Å².